The maximum absolute atomic E-state index is 5.28. The predicted molar refractivity (Wildman–Crippen MR) is 109 cm³/mol. The van der Waals surface area contributed by atoms with E-state index in [-0.39, 0.29) is 0 Å². The normalized spacial score (nSPS) is 13.6. The van der Waals surface area contributed by atoms with Gasteiger partial charge in [-0.1, -0.05) is 43.7 Å². The van der Waals surface area contributed by atoms with Crippen molar-refractivity contribution in [2.75, 3.05) is 38.2 Å². The number of benzene rings is 2. The number of nitrogens with zero attached hydrogens (tertiary/aromatic N) is 3. The fourth-order valence-corrected chi connectivity index (χ4v) is 3.27. The highest BCUT2D eigenvalue weighted by Gasteiger charge is 2.19. The number of ether oxygens (including phenoxy) is 1. The van der Waals surface area contributed by atoms with Gasteiger partial charge in [0.1, 0.15) is 11.6 Å². The standard InChI is InChI=1S/C22H29N3O/c1-3-4-15-24-16-14-23-22(24)18-25(20-8-6-5-7-9-20)17-19-10-12-21(26-2)13-11-19/h5-13H,3-4,14-18H2,1-2H3. The van der Waals surface area contributed by atoms with Crippen LogP contribution in [0.3, 0.4) is 0 Å². The maximum atomic E-state index is 5.28. The molecular weight excluding hydrogens is 322 g/mol. The summed E-state index contributed by atoms with van der Waals surface area (Å²) in [5.41, 5.74) is 2.50. The van der Waals surface area contributed by atoms with Crippen molar-refractivity contribution in [2.24, 2.45) is 4.99 Å². The average molecular weight is 351 g/mol. The van der Waals surface area contributed by atoms with E-state index in [1.165, 1.54) is 29.9 Å². The van der Waals surface area contributed by atoms with Crippen molar-refractivity contribution in [3.8, 4) is 5.75 Å². The Morgan fingerprint density at radius 1 is 1.04 bits per heavy atom. The van der Waals surface area contributed by atoms with Crippen molar-refractivity contribution in [2.45, 2.75) is 26.3 Å². The molecule has 26 heavy (non-hydrogen) atoms. The van der Waals surface area contributed by atoms with Crippen LogP contribution in [-0.4, -0.2) is 44.0 Å². The van der Waals surface area contributed by atoms with E-state index in [1.54, 1.807) is 7.11 Å². The molecule has 0 aromatic heterocycles. The number of unbranched alkanes of at least 4 members (excludes halogenated alkanes) is 1. The Morgan fingerprint density at radius 3 is 2.50 bits per heavy atom. The third kappa shape index (κ3) is 4.78. The van der Waals surface area contributed by atoms with Gasteiger partial charge in [-0.3, -0.25) is 4.99 Å². The van der Waals surface area contributed by atoms with Crippen LogP contribution in [0, 0.1) is 0 Å². The molecule has 1 heterocycles. The highest BCUT2D eigenvalue weighted by molar-refractivity contribution is 5.88. The molecule has 0 saturated heterocycles. The Labute approximate surface area is 157 Å². The van der Waals surface area contributed by atoms with Crippen molar-refractivity contribution in [3.63, 3.8) is 0 Å². The number of amidine groups is 1. The third-order valence-electron chi connectivity index (χ3n) is 4.80. The summed E-state index contributed by atoms with van der Waals surface area (Å²) in [6, 6.07) is 18.9. The van der Waals surface area contributed by atoms with Gasteiger partial charge in [-0.15, -0.1) is 0 Å². The van der Waals surface area contributed by atoms with Gasteiger partial charge >= 0.3 is 0 Å². The van der Waals surface area contributed by atoms with Crippen LogP contribution in [0.5, 0.6) is 5.75 Å². The van der Waals surface area contributed by atoms with Gasteiger partial charge in [-0.05, 0) is 36.2 Å². The number of methoxy groups -OCH3 is 1. The fraction of sp³-hybridized carbons (Fsp3) is 0.409. The van der Waals surface area contributed by atoms with E-state index in [0.717, 1.165) is 38.5 Å². The lowest BCUT2D eigenvalue weighted by atomic mass is 10.2. The highest BCUT2D eigenvalue weighted by atomic mass is 16.5. The molecule has 1 aliphatic rings. The highest BCUT2D eigenvalue weighted by Crippen LogP contribution is 2.20. The smallest absolute Gasteiger partial charge is 0.119 e. The van der Waals surface area contributed by atoms with Gasteiger partial charge < -0.3 is 14.5 Å². The number of hydrogen-bond donors (Lipinski definition) is 0. The van der Waals surface area contributed by atoms with E-state index in [4.69, 9.17) is 9.73 Å². The summed E-state index contributed by atoms with van der Waals surface area (Å²) >= 11 is 0. The summed E-state index contributed by atoms with van der Waals surface area (Å²) in [6.45, 7) is 7.03. The lowest BCUT2D eigenvalue weighted by molar-refractivity contribution is 0.414. The molecule has 2 aromatic rings. The first kappa shape index (κ1) is 18.3. The van der Waals surface area contributed by atoms with E-state index in [1.807, 2.05) is 12.1 Å². The first-order valence-electron chi connectivity index (χ1n) is 9.51. The molecule has 0 saturated carbocycles. The molecule has 0 N–H and O–H groups in total. The van der Waals surface area contributed by atoms with Crippen molar-refractivity contribution in [1.82, 2.24) is 4.90 Å². The molecule has 0 amide bonds. The van der Waals surface area contributed by atoms with Gasteiger partial charge in [0, 0.05) is 25.3 Å². The summed E-state index contributed by atoms with van der Waals surface area (Å²) < 4.78 is 5.28. The molecule has 0 bridgehead atoms. The zero-order chi connectivity index (χ0) is 18.2. The molecule has 0 aliphatic carbocycles. The Hall–Kier alpha value is -2.49. The Bertz CT molecular complexity index is 697. The zero-order valence-electron chi connectivity index (χ0n) is 15.9. The van der Waals surface area contributed by atoms with Crippen LogP contribution in [0.4, 0.5) is 5.69 Å². The van der Waals surface area contributed by atoms with Crippen molar-refractivity contribution in [1.29, 1.82) is 0 Å². The van der Waals surface area contributed by atoms with E-state index >= 15 is 0 Å². The van der Waals surface area contributed by atoms with E-state index in [2.05, 4.69) is 59.2 Å². The van der Waals surface area contributed by atoms with E-state index in [9.17, 15) is 0 Å². The van der Waals surface area contributed by atoms with Gasteiger partial charge in [0.15, 0.2) is 0 Å². The zero-order valence-corrected chi connectivity index (χ0v) is 15.9. The first-order valence-corrected chi connectivity index (χ1v) is 9.51. The molecule has 0 atom stereocenters. The molecule has 4 heteroatoms. The second-order valence-corrected chi connectivity index (χ2v) is 6.68. The number of anilines is 1. The predicted octanol–water partition coefficient (Wildman–Crippen LogP) is 4.22. The van der Waals surface area contributed by atoms with Crippen LogP contribution >= 0.6 is 0 Å². The molecule has 0 fully saturated rings. The van der Waals surface area contributed by atoms with E-state index in [0.29, 0.717) is 0 Å². The van der Waals surface area contributed by atoms with Crippen LogP contribution in [0.1, 0.15) is 25.3 Å². The minimum Gasteiger partial charge on any atom is -0.497 e. The lowest BCUT2D eigenvalue weighted by Crippen LogP contribution is -2.38. The summed E-state index contributed by atoms with van der Waals surface area (Å²) in [4.78, 5) is 9.64. The quantitative estimate of drug-likeness (QED) is 0.677. The molecule has 4 nitrogen and oxygen atoms in total. The SMILES string of the molecule is CCCCN1CCN=C1CN(Cc1ccc(OC)cc1)c1ccccc1. The minimum absolute atomic E-state index is 0.847. The summed E-state index contributed by atoms with van der Waals surface area (Å²) in [7, 11) is 1.70. The van der Waals surface area contributed by atoms with Gasteiger partial charge in [-0.2, -0.15) is 0 Å². The summed E-state index contributed by atoms with van der Waals surface area (Å²) in [5.74, 6) is 2.11. The largest absolute Gasteiger partial charge is 0.497 e. The molecule has 2 aromatic carbocycles. The topological polar surface area (TPSA) is 28.1 Å². The Kier molecular flexibility index (Phi) is 6.53. The number of aliphatic imine (C=N–C) groups is 1. The monoisotopic (exact) mass is 351 g/mol. The lowest BCUT2D eigenvalue weighted by Gasteiger charge is -2.29. The van der Waals surface area contributed by atoms with Gasteiger partial charge in [-0.25, -0.2) is 0 Å². The minimum atomic E-state index is 0.847. The van der Waals surface area contributed by atoms with Gasteiger partial charge in [0.2, 0.25) is 0 Å². The van der Waals surface area contributed by atoms with Crippen molar-refractivity contribution < 1.29 is 4.74 Å². The van der Waals surface area contributed by atoms with Crippen molar-refractivity contribution >= 4 is 11.5 Å². The Balaban J connectivity index is 1.75. The van der Waals surface area contributed by atoms with Crippen molar-refractivity contribution in [3.05, 3.63) is 60.2 Å². The second-order valence-electron chi connectivity index (χ2n) is 6.68. The molecule has 138 valence electrons. The first-order chi connectivity index (χ1) is 12.8. The van der Waals surface area contributed by atoms with Crippen LogP contribution < -0.4 is 9.64 Å². The molecule has 0 spiro atoms. The second kappa shape index (κ2) is 9.27. The number of hydrogen-bond acceptors (Lipinski definition) is 4. The molecule has 3 rings (SSSR count). The van der Waals surface area contributed by atoms with Gasteiger partial charge in [0.25, 0.3) is 0 Å². The molecule has 0 radical (unpaired) electrons. The van der Waals surface area contributed by atoms with Crippen LogP contribution in [0.25, 0.3) is 0 Å². The third-order valence-corrected chi connectivity index (χ3v) is 4.80. The van der Waals surface area contributed by atoms with Crippen LogP contribution in [-0.2, 0) is 6.54 Å². The maximum Gasteiger partial charge on any atom is 0.119 e. The number of para-hydroxylation sites is 1. The van der Waals surface area contributed by atoms with Gasteiger partial charge in [0.05, 0.1) is 20.2 Å². The van der Waals surface area contributed by atoms with E-state index < -0.39 is 0 Å². The summed E-state index contributed by atoms with van der Waals surface area (Å²) in [5, 5.41) is 0. The molecule has 1 aliphatic heterocycles. The number of rotatable bonds is 9. The average Bonchev–Trinajstić information content (AvgIpc) is 3.14. The molecular formula is C22H29N3O. The van der Waals surface area contributed by atoms with Crippen LogP contribution in [0.15, 0.2) is 59.6 Å². The van der Waals surface area contributed by atoms with Crippen LogP contribution in [0.2, 0.25) is 0 Å². The Morgan fingerprint density at radius 2 is 1.81 bits per heavy atom. The summed E-state index contributed by atoms with van der Waals surface area (Å²) in [6.07, 6.45) is 2.45. The fourth-order valence-electron chi connectivity index (χ4n) is 3.27. The molecule has 0 unspecified atom stereocenters.